The van der Waals surface area contributed by atoms with E-state index in [1.54, 1.807) is 24.3 Å². The number of hydrogen-bond acceptors (Lipinski definition) is 6. The van der Waals surface area contributed by atoms with Gasteiger partial charge in [0.25, 0.3) is 0 Å². The molecule has 1 aromatic carbocycles. The number of hydrogen-bond donors (Lipinski definition) is 2. The summed E-state index contributed by atoms with van der Waals surface area (Å²) in [6.45, 7) is 9.08. The molecule has 9 heteroatoms. The highest BCUT2D eigenvalue weighted by Gasteiger charge is 2.22. The van der Waals surface area contributed by atoms with Crippen LogP contribution in [0.3, 0.4) is 0 Å². The quantitative estimate of drug-likeness (QED) is 0.421. The van der Waals surface area contributed by atoms with E-state index in [4.69, 9.17) is 0 Å². The minimum atomic E-state index is -0.228. The fraction of sp³-hybridized carbons (Fsp3) is 0.478. The zero-order chi connectivity index (χ0) is 23.1. The van der Waals surface area contributed by atoms with E-state index in [0.29, 0.717) is 22.9 Å². The Morgan fingerprint density at radius 2 is 1.75 bits per heavy atom. The van der Waals surface area contributed by atoms with Crippen LogP contribution >= 0.6 is 11.8 Å². The van der Waals surface area contributed by atoms with Crippen molar-refractivity contribution in [1.29, 1.82) is 0 Å². The number of fused-ring (bicyclic) bond motifs is 1. The van der Waals surface area contributed by atoms with Crippen LogP contribution in [-0.2, 0) is 29.0 Å². The van der Waals surface area contributed by atoms with Gasteiger partial charge in [-0.3, -0.25) is 14.2 Å². The first-order chi connectivity index (χ1) is 15.4. The summed E-state index contributed by atoms with van der Waals surface area (Å²) in [5, 5.41) is 6.21. The van der Waals surface area contributed by atoms with Crippen molar-refractivity contribution in [3.8, 4) is 0 Å². The summed E-state index contributed by atoms with van der Waals surface area (Å²) in [5.41, 5.74) is 3.28. The Labute approximate surface area is 192 Å². The molecule has 32 heavy (non-hydrogen) atoms. The van der Waals surface area contributed by atoms with Gasteiger partial charge in [0.05, 0.1) is 5.75 Å². The minimum absolute atomic E-state index is 0.145. The van der Waals surface area contributed by atoms with Gasteiger partial charge >= 0.3 is 5.69 Å². The van der Waals surface area contributed by atoms with E-state index in [1.807, 2.05) is 4.57 Å². The van der Waals surface area contributed by atoms with E-state index in [9.17, 15) is 14.4 Å². The molecule has 1 aromatic heterocycles. The van der Waals surface area contributed by atoms with Gasteiger partial charge in [0.2, 0.25) is 11.8 Å². The van der Waals surface area contributed by atoms with Crippen LogP contribution in [0.2, 0.25) is 0 Å². The van der Waals surface area contributed by atoms with Crippen molar-refractivity contribution in [2.24, 2.45) is 0 Å². The SMILES string of the molecule is CCN(CC)CCn1c2c(c(SCC(=O)Nc3ccc(NC(C)=O)cc3)nc1=O)CCC2. The number of amides is 2. The summed E-state index contributed by atoms with van der Waals surface area (Å²) >= 11 is 1.32. The van der Waals surface area contributed by atoms with Crippen LogP contribution in [0.4, 0.5) is 11.4 Å². The number of rotatable bonds is 10. The molecule has 3 rings (SSSR count). The van der Waals surface area contributed by atoms with Crippen molar-refractivity contribution < 1.29 is 9.59 Å². The van der Waals surface area contributed by atoms with Gasteiger partial charge in [-0.1, -0.05) is 25.6 Å². The Morgan fingerprint density at radius 3 is 2.38 bits per heavy atom. The Hall–Kier alpha value is -2.65. The summed E-state index contributed by atoms with van der Waals surface area (Å²) < 4.78 is 1.82. The van der Waals surface area contributed by atoms with E-state index in [2.05, 4.69) is 34.4 Å². The van der Waals surface area contributed by atoms with E-state index in [0.717, 1.165) is 50.2 Å². The molecular weight excluding hydrogens is 426 g/mol. The molecule has 0 aliphatic heterocycles. The molecule has 0 saturated carbocycles. The third-order valence-corrected chi connectivity index (χ3v) is 6.58. The second-order valence-corrected chi connectivity index (χ2v) is 8.72. The lowest BCUT2D eigenvalue weighted by Crippen LogP contribution is -2.34. The number of anilines is 2. The second-order valence-electron chi connectivity index (χ2n) is 7.75. The van der Waals surface area contributed by atoms with E-state index in [1.165, 1.54) is 18.7 Å². The van der Waals surface area contributed by atoms with Crippen LogP contribution in [0.1, 0.15) is 38.4 Å². The third-order valence-electron chi connectivity index (χ3n) is 5.56. The van der Waals surface area contributed by atoms with Crippen LogP contribution < -0.4 is 16.3 Å². The van der Waals surface area contributed by atoms with Gasteiger partial charge in [0.15, 0.2) is 0 Å². The highest BCUT2D eigenvalue weighted by Crippen LogP contribution is 2.29. The van der Waals surface area contributed by atoms with Crippen LogP contribution in [-0.4, -0.2) is 51.7 Å². The first-order valence-corrected chi connectivity index (χ1v) is 12.0. The average molecular weight is 458 g/mol. The average Bonchev–Trinajstić information content (AvgIpc) is 3.25. The molecule has 0 radical (unpaired) electrons. The molecule has 1 heterocycles. The number of thioether (sulfide) groups is 1. The number of likely N-dealkylation sites (N-methyl/N-ethyl adjacent to an activating group) is 1. The van der Waals surface area contributed by atoms with Gasteiger partial charge in [-0.25, -0.2) is 4.79 Å². The summed E-state index contributed by atoms with van der Waals surface area (Å²) in [6.07, 6.45) is 2.78. The van der Waals surface area contributed by atoms with Crippen molar-refractivity contribution in [1.82, 2.24) is 14.5 Å². The van der Waals surface area contributed by atoms with Crippen molar-refractivity contribution >= 4 is 35.0 Å². The molecule has 0 fully saturated rings. The Balaban J connectivity index is 1.63. The molecule has 172 valence electrons. The van der Waals surface area contributed by atoms with Crippen LogP contribution in [0.5, 0.6) is 0 Å². The number of aromatic nitrogens is 2. The smallest absolute Gasteiger partial charge is 0.326 e. The summed E-state index contributed by atoms with van der Waals surface area (Å²) in [5.74, 6) is -0.134. The molecule has 0 bridgehead atoms. The third kappa shape index (κ3) is 6.20. The second kappa shape index (κ2) is 11.3. The van der Waals surface area contributed by atoms with Gasteiger partial charge in [0.1, 0.15) is 5.03 Å². The Morgan fingerprint density at radius 1 is 1.09 bits per heavy atom. The van der Waals surface area contributed by atoms with E-state index in [-0.39, 0.29) is 23.3 Å². The van der Waals surface area contributed by atoms with Crippen molar-refractivity contribution in [3.05, 3.63) is 46.0 Å². The maximum Gasteiger partial charge on any atom is 0.348 e. The van der Waals surface area contributed by atoms with Crippen LogP contribution in [0.15, 0.2) is 34.1 Å². The first-order valence-electron chi connectivity index (χ1n) is 11.1. The number of carbonyl (C=O) groups excluding carboxylic acids is 2. The lowest BCUT2D eigenvalue weighted by atomic mass is 10.2. The van der Waals surface area contributed by atoms with Gasteiger partial charge in [-0.2, -0.15) is 4.98 Å². The highest BCUT2D eigenvalue weighted by atomic mass is 32.2. The molecule has 0 spiro atoms. The van der Waals surface area contributed by atoms with Crippen LogP contribution in [0.25, 0.3) is 0 Å². The Kier molecular flexibility index (Phi) is 8.46. The number of nitrogens with one attached hydrogen (secondary N) is 2. The maximum atomic E-state index is 12.7. The molecule has 0 saturated heterocycles. The van der Waals surface area contributed by atoms with Crippen LogP contribution in [0, 0.1) is 0 Å². The Bertz CT molecular complexity index is 1020. The lowest BCUT2D eigenvalue weighted by molar-refractivity contribution is -0.114. The predicted octanol–water partition coefficient (Wildman–Crippen LogP) is 2.76. The zero-order valence-electron chi connectivity index (χ0n) is 18.9. The normalized spacial score (nSPS) is 12.6. The lowest BCUT2D eigenvalue weighted by Gasteiger charge is -2.20. The zero-order valence-corrected chi connectivity index (χ0v) is 19.8. The van der Waals surface area contributed by atoms with Gasteiger partial charge in [-0.05, 0) is 56.6 Å². The molecular formula is C23H31N5O3S. The van der Waals surface area contributed by atoms with Crippen molar-refractivity contribution in [2.45, 2.75) is 51.6 Å². The summed E-state index contributed by atoms with van der Waals surface area (Å²) in [7, 11) is 0. The van der Waals surface area contributed by atoms with Gasteiger partial charge < -0.3 is 15.5 Å². The highest BCUT2D eigenvalue weighted by molar-refractivity contribution is 8.00. The molecule has 0 atom stereocenters. The topological polar surface area (TPSA) is 96.3 Å². The van der Waals surface area contributed by atoms with Crippen molar-refractivity contribution in [2.75, 3.05) is 36.0 Å². The number of nitrogens with zero attached hydrogens (tertiary/aromatic N) is 3. The molecule has 1 aliphatic rings. The first kappa shape index (κ1) is 24.0. The number of carbonyl (C=O) groups is 2. The largest absolute Gasteiger partial charge is 0.348 e. The standard InChI is InChI=1S/C23H31N5O3S/c1-4-27(5-2)13-14-28-20-8-6-7-19(20)22(26-23(28)31)32-15-21(30)25-18-11-9-17(10-12-18)24-16(3)29/h9-12H,4-8,13-15H2,1-3H3,(H,24,29)(H,25,30). The van der Waals surface area contributed by atoms with E-state index < -0.39 is 0 Å². The predicted molar refractivity (Wildman–Crippen MR) is 128 cm³/mol. The fourth-order valence-electron chi connectivity index (χ4n) is 3.89. The van der Waals surface area contributed by atoms with Gasteiger partial charge in [-0.15, -0.1) is 0 Å². The molecule has 0 unspecified atom stereocenters. The van der Waals surface area contributed by atoms with Gasteiger partial charge in [0, 0.05) is 42.6 Å². The monoisotopic (exact) mass is 457 g/mol. The maximum absolute atomic E-state index is 12.7. The number of benzene rings is 1. The molecule has 1 aliphatic carbocycles. The molecule has 8 nitrogen and oxygen atoms in total. The van der Waals surface area contributed by atoms with Crippen molar-refractivity contribution in [3.63, 3.8) is 0 Å². The molecule has 2 amide bonds. The summed E-state index contributed by atoms with van der Waals surface area (Å²) in [4.78, 5) is 42.9. The molecule has 2 aromatic rings. The fourth-order valence-corrected chi connectivity index (χ4v) is 4.77. The summed E-state index contributed by atoms with van der Waals surface area (Å²) in [6, 6.07) is 6.94. The van der Waals surface area contributed by atoms with E-state index >= 15 is 0 Å². The molecule has 2 N–H and O–H groups in total. The minimum Gasteiger partial charge on any atom is -0.326 e.